The lowest BCUT2D eigenvalue weighted by atomic mass is 10.1. The molecule has 0 saturated carbocycles. The van der Waals surface area contributed by atoms with Gasteiger partial charge in [-0.25, -0.2) is 9.67 Å². The highest BCUT2D eigenvalue weighted by atomic mass is 16.2. The van der Waals surface area contributed by atoms with E-state index in [0.29, 0.717) is 18.7 Å². The number of carbonyl (C=O) groups is 1. The Morgan fingerprint density at radius 2 is 1.81 bits per heavy atom. The third-order valence-electron chi connectivity index (χ3n) is 4.50. The Kier molecular flexibility index (Phi) is 5.69. The molecule has 1 amide bonds. The SMILES string of the molecule is CCCN(Cc1ccc(C)cc1)C(=O)c1ccc(-n2nc(C)cc2C)nc1. The Bertz CT molecular complexity index is 910. The molecule has 0 saturated heterocycles. The molecule has 0 radical (unpaired) electrons. The summed E-state index contributed by atoms with van der Waals surface area (Å²) in [6.07, 6.45) is 2.56. The number of benzene rings is 1. The number of hydrogen-bond donors (Lipinski definition) is 0. The summed E-state index contributed by atoms with van der Waals surface area (Å²) < 4.78 is 1.79. The number of hydrogen-bond acceptors (Lipinski definition) is 3. The summed E-state index contributed by atoms with van der Waals surface area (Å²) >= 11 is 0. The van der Waals surface area contributed by atoms with Gasteiger partial charge in [0.25, 0.3) is 5.91 Å². The van der Waals surface area contributed by atoms with E-state index in [1.54, 1.807) is 10.9 Å². The van der Waals surface area contributed by atoms with Crippen molar-refractivity contribution in [3.8, 4) is 5.82 Å². The van der Waals surface area contributed by atoms with Crippen molar-refractivity contribution in [1.82, 2.24) is 19.7 Å². The van der Waals surface area contributed by atoms with Gasteiger partial charge in [-0.3, -0.25) is 4.79 Å². The molecule has 140 valence electrons. The van der Waals surface area contributed by atoms with Crippen molar-refractivity contribution in [2.45, 2.75) is 40.7 Å². The van der Waals surface area contributed by atoms with Crippen molar-refractivity contribution in [2.75, 3.05) is 6.54 Å². The van der Waals surface area contributed by atoms with Gasteiger partial charge in [0.1, 0.15) is 0 Å². The number of rotatable bonds is 6. The zero-order valence-electron chi connectivity index (χ0n) is 16.4. The molecule has 0 aliphatic rings. The van der Waals surface area contributed by atoms with Gasteiger partial charge < -0.3 is 4.90 Å². The van der Waals surface area contributed by atoms with E-state index in [9.17, 15) is 4.79 Å². The third-order valence-corrected chi connectivity index (χ3v) is 4.50. The van der Waals surface area contributed by atoms with Crippen LogP contribution in [0.15, 0.2) is 48.7 Å². The molecule has 0 fully saturated rings. The fourth-order valence-corrected chi connectivity index (χ4v) is 3.12. The molecule has 0 spiro atoms. The molecule has 0 aliphatic heterocycles. The molecule has 27 heavy (non-hydrogen) atoms. The molecular weight excluding hydrogens is 336 g/mol. The first-order valence-corrected chi connectivity index (χ1v) is 9.32. The van der Waals surface area contributed by atoms with E-state index in [1.165, 1.54) is 5.56 Å². The van der Waals surface area contributed by atoms with Gasteiger partial charge in [-0.15, -0.1) is 0 Å². The van der Waals surface area contributed by atoms with Crippen molar-refractivity contribution in [1.29, 1.82) is 0 Å². The van der Waals surface area contributed by atoms with Crippen LogP contribution < -0.4 is 0 Å². The maximum absolute atomic E-state index is 13.0. The number of aryl methyl sites for hydroxylation is 3. The van der Waals surface area contributed by atoms with Crippen LogP contribution in [0.25, 0.3) is 5.82 Å². The number of amides is 1. The zero-order chi connectivity index (χ0) is 19.4. The van der Waals surface area contributed by atoms with Crippen molar-refractivity contribution in [3.05, 3.63) is 76.7 Å². The Hall–Kier alpha value is -2.95. The van der Waals surface area contributed by atoms with Crippen molar-refractivity contribution in [3.63, 3.8) is 0 Å². The topological polar surface area (TPSA) is 51.0 Å². The van der Waals surface area contributed by atoms with Gasteiger partial charge in [0.2, 0.25) is 0 Å². The molecule has 5 nitrogen and oxygen atoms in total. The second-order valence-corrected chi connectivity index (χ2v) is 6.96. The van der Waals surface area contributed by atoms with E-state index in [1.807, 2.05) is 36.9 Å². The van der Waals surface area contributed by atoms with Gasteiger partial charge >= 0.3 is 0 Å². The summed E-state index contributed by atoms with van der Waals surface area (Å²) in [6, 6.07) is 14.0. The van der Waals surface area contributed by atoms with Crippen LogP contribution in [0, 0.1) is 20.8 Å². The van der Waals surface area contributed by atoms with Crippen LogP contribution in [-0.4, -0.2) is 32.1 Å². The highest BCUT2D eigenvalue weighted by molar-refractivity contribution is 5.94. The smallest absolute Gasteiger partial charge is 0.255 e. The van der Waals surface area contributed by atoms with Crippen molar-refractivity contribution < 1.29 is 4.79 Å². The molecule has 0 aliphatic carbocycles. The molecule has 2 aromatic heterocycles. The maximum Gasteiger partial charge on any atom is 0.255 e. The highest BCUT2D eigenvalue weighted by Gasteiger charge is 2.16. The Labute approximate surface area is 160 Å². The lowest BCUT2D eigenvalue weighted by Gasteiger charge is -2.22. The van der Waals surface area contributed by atoms with Gasteiger partial charge in [0, 0.05) is 25.0 Å². The van der Waals surface area contributed by atoms with Gasteiger partial charge in [0.05, 0.1) is 11.3 Å². The van der Waals surface area contributed by atoms with Gasteiger partial charge in [-0.2, -0.15) is 5.10 Å². The molecule has 1 aromatic carbocycles. The van der Waals surface area contributed by atoms with Gasteiger partial charge in [-0.1, -0.05) is 36.8 Å². The van der Waals surface area contributed by atoms with E-state index in [2.05, 4.69) is 48.2 Å². The number of aromatic nitrogens is 3. The molecule has 0 bridgehead atoms. The largest absolute Gasteiger partial charge is 0.334 e. The fourth-order valence-electron chi connectivity index (χ4n) is 3.12. The number of pyridine rings is 1. The fraction of sp³-hybridized carbons (Fsp3) is 0.318. The predicted molar refractivity (Wildman–Crippen MR) is 107 cm³/mol. The Morgan fingerprint density at radius 3 is 2.37 bits per heavy atom. The first kappa shape index (κ1) is 18.8. The first-order valence-electron chi connectivity index (χ1n) is 9.32. The van der Waals surface area contributed by atoms with E-state index in [0.717, 1.165) is 29.2 Å². The third kappa shape index (κ3) is 4.42. The van der Waals surface area contributed by atoms with E-state index >= 15 is 0 Å². The minimum atomic E-state index is 0.00448. The van der Waals surface area contributed by atoms with E-state index < -0.39 is 0 Å². The summed E-state index contributed by atoms with van der Waals surface area (Å²) in [7, 11) is 0. The summed E-state index contributed by atoms with van der Waals surface area (Å²) in [5.74, 6) is 0.725. The number of carbonyl (C=O) groups excluding carboxylic acids is 1. The molecule has 3 aromatic rings. The molecule has 0 atom stereocenters. The van der Waals surface area contributed by atoms with Gasteiger partial charge in [-0.05, 0) is 51.0 Å². The van der Waals surface area contributed by atoms with Crippen LogP contribution in [0.5, 0.6) is 0 Å². The zero-order valence-corrected chi connectivity index (χ0v) is 16.4. The molecular formula is C22H26N4O. The highest BCUT2D eigenvalue weighted by Crippen LogP contribution is 2.14. The summed E-state index contributed by atoms with van der Waals surface area (Å²) in [5, 5.41) is 4.44. The maximum atomic E-state index is 13.0. The molecule has 5 heteroatoms. The minimum Gasteiger partial charge on any atom is -0.334 e. The normalized spacial score (nSPS) is 10.8. The van der Waals surface area contributed by atoms with Crippen LogP contribution >= 0.6 is 0 Å². The summed E-state index contributed by atoms with van der Waals surface area (Å²) in [5.41, 5.74) is 4.92. The standard InChI is InChI=1S/C22H26N4O/c1-5-12-25(15-19-8-6-16(2)7-9-19)22(27)20-10-11-21(23-14-20)26-18(4)13-17(3)24-26/h6-11,13-14H,5,12,15H2,1-4H3. The quantitative estimate of drug-likeness (QED) is 0.659. The van der Waals surface area contributed by atoms with Crippen LogP contribution in [0.2, 0.25) is 0 Å². The van der Waals surface area contributed by atoms with Crippen molar-refractivity contribution >= 4 is 5.91 Å². The van der Waals surface area contributed by atoms with E-state index in [4.69, 9.17) is 0 Å². The lowest BCUT2D eigenvalue weighted by molar-refractivity contribution is 0.0743. The monoisotopic (exact) mass is 362 g/mol. The van der Waals surface area contributed by atoms with Crippen LogP contribution in [0.4, 0.5) is 0 Å². The van der Waals surface area contributed by atoms with Crippen LogP contribution in [0.1, 0.15) is 46.2 Å². The summed E-state index contributed by atoms with van der Waals surface area (Å²) in [6.45, 7) is 9.41. The van der Waals surface area contributed by atoms with Gasteiger partial charge in [0.15, 0.2) is 5.82 Å². The average molecular weight is 362 g/mol. The molecule has 0 N–H and O–H groups in total. The summed E-state index contributed by atoms with van der Waals surface area (Å²) in [4.78, 5) is 19.3. The minimum absolute atomic E-state index is 0.00448. The number of nitrogens with zero attached hydrogens (tertiary/aromatic N) is 4. The Balaban J connectivity index is 1.79. The second kappa shape index (κ2) is 8.16. The lowest BCUT2D eigenvalue weighted by Crippen LogP contribution is -2.31. The predicted octanol–water partition coefficient (Wildman–Crippen LogP) is 4.24. The average Bonchev–Trinajstić information content (AvgIpc) is 3.01. The van der Waals surface area contributed by atoms with Crippen LogP contribution in [-0.2, 0) is 6.54 Å². The molecule has 2 heterocycles. The van der Waals surface area contributed by atoms with Crippen LogP contribution in [0.3, 0.4) is 0 Å². The second-order valence-electron chi connectivity index (χ2n) is 6.96. The first-order chi connectivity index (χ1) is 13.0. The molecule has 0 unspecified atom stereocenters. The van der Waals surface area contributed by atoms with E-state index in [-0.39, 0.29) is 5.91 Å². The van der Waals surface area contributed by atoms with Crippen molar-refractivity contribution in [2.24, 2.45) is 0 Å². The Morgan fingerprint density at radius 1 is 1.07 bits per heavy atom. The molecule has 3 rings (SSSR count).